The predicted molar refractivity (Wildman–Crippen MR) is 53.0 cm³/mol. The number of ether oxygens (including phenoxy) is 1. The van der Waals surface area contributed by atoms with Crippen LogP contribution < -0.4 is 4.74 Å². The van der Waals surface area contributed by atoms with Gasteiger partial charge in [-0.1, -0.05) is 11.8 Å². The molecule has 0 bridgehead atoms. The minimum Gasteiger partial charge on any atom is -0.478 e. The van der Waals surface area contributed by atoms with Crippen LogP contribution in [-0.4, -0.2) is 17.5 Å². The van der Waals surface area contributed by atoms with Gasteiger partial charge in [0.25, 0.3) is 0 Å². The van der Waals surface area contributed by atoms with Gasteiger partial charge < -0.3 is 4.74 Å². The molecule has 2 nitrogen and oxygen atoms in total. The van der Waals surface area contributed by atoms with Gasteiger partial charge >= 0.3 is 0 Å². The molecule has 0 radical (unpaired) electrons. The standard InChI is InChI=1S/C10H10ClNO/c1-2-13-10-6-5-9(8-12-10)4-3-7-11/h5-6,8H,2,7H2,1H3. The maximum atomic E-state index is 5.41. The van der Waals surface area contributed by atoms with Crippen LogP contribution in [-0.2, 0) is 0 Å². The van der Waals surface area contributed by atoms with Crippen LogP contribution in [0, 0.1) is 11.8 Å². The minimum absolute atomic E-state index is 0.340. The Balaban J connectivity index is 2.69. The van der Waals surface area contributed by atoms with Crippen LogP contribution in [0.3, 0.4) is 0 Å². The predicted octanol–water partition coefficient (Wildman–Crippen LogP) is 2.07. The summed E-state index contributed by atoms with van der Waals surface area (Å²) in [4.78, 5) is 4.05. The summed E-state index contributed by atoms with van der Waals surface area (Å²) in [5.41, 5.74) is 0.851. The number of hydrogen-bond acceptors (Lipinski definition) is 2. The highest BCUT2D eigenvalue weighted by molar-refractivity contribution is 6.19. The van der Waals surface area contributed by atoms with Gasteiger partial charge in [0.1, 0.15) is 0 Å². The molecule has 1 aromatic rings. The van der Waals surface area contributed by atoms with Crippen LogP contribution in [0.4, 0.5) is 0 Å². The fraction of sp³-hybridized carbons (Fsp3) is 0.300. The summed E-state index contributed by atoms with van der Waals surface area (Å²) >= 11 is 5.41. The molecule has 1 aromatic heterocycles. The van der Waals surface area contributed by atoms with Crippen molar-refractivity contribution in [3.8, 4) is 17.7 Å². The average Bonchev–Trinajstić information content (AvgIpc) is 2.17. The Morgan fingerprint density at radius 2 is 2.38 bits per heavy atom. The molecule has 3 heteroatoms. The second-order valence-electron chi connectivity index (χ2n) is 2.25. The fourth-order valence-corrected chi connectivity index (χ4v) is 0.890. The Hall–Kier alpha value is -1.20. The molecule has 0 saturated heterocycles. The summed E-state index contributed by atoms with van der Waals surface area (Å²) in [6.45, 7) is 2.54. The molecule has 1 rings (SSSR count). The SMILES string of the molecule is CCOc1ccc(C#CCCl)cn1. The normalized spacial score (nSPS) is 8.77. The van der Waals surface area contributed by atoms with E-state index in [4.69, 9.17) is 16.3 Å². The monoisotopic (exact) mass is 195 g/mol. The Morgan fingerprint density at radius 3 is 2.92 bits per heavy atom. The van der Waals surface area contributed by atoms with Crippen molar-refractivity contribution in [3.05, 3.63) is 23.9 Å². The third-order valence-electron chi connectivity index (χ3n) is 1.33. The zero-order valence-electron chi connectivity index (χ0n) is 7.38. The number of halogens is 1. The molecule has 0 aliphatic carbocycles. The molecule has 0 fully saturated rings. The first-order valence-electron chi connectivity index (χ1n) is 4.00. The van der Waals surface area contributed by atoms with Gasteiger partial charge in [-0.2, -0.15) is 0 Å². The van der Waals surface area contributed by atoms with E-state index in [1.807, 2.05) is 13.0 Å². The first-order chi connectivity index (χ1) is 6.36. The number of hydrogen-bond donors (Lipinski definition) is 0. The molecule has 0 N–H and O–H groups in total. The Kier molecular flexibility index (Phi) is 4.14. The molecule has 13 heavy (non-hydrogen) atoms. The lowest BCUT2D eigenvalue weighted by molar-refractivity contribution is 0.327. The van der Waals surface area contributed by atoms with Crippen molar-refractivity contribution >= 4 is 11.6 Å². The topological polar surface area (TPSA) is 22.1 Å². The van der Waals surface area contributed by atoms with Gasteiger partial charge in [0, 0.05) is 17.8 Å². The van der Waals surface area contributed by atoms with E-state index < -0.39 is 0 Å². The van der Waals surface area contributed by atoms with Crippen LogP contribution >= 0.6 is 11.6 Å². The maximum absolute atomic E-state index is 5.41. The van der Waals surface area contributed by atoms with Gasteiger partial charge in [-0.05, 0) is 13.0 Å². The van der Waals surface area contributed by atoms with Crippen LogP contribution in [0.15, 0.2) is 18.3 Å². The number of alkyl halides is 1. The smallest absolute Gasteiger partial charge is 0.213 e. The quantitative estimate of drug-likeness (QED) is 0.533. The molecule has 0 unspecified atom stereocenters. The van der Waals surface area contributed by atoms with Crippen LogP contribution in [0.1, 0.15) is 12.5 Å². The second kappa shape index (κ2) is 5.45. The number of nitrogens with zero attached hydrogens (tertiary/aromatic N) is 1. The van der Waals surface area contributed by atoms with E-state index in [1.54, 1.807) is 12.3 Å². The summed E-state index contributed by atoms with van der Waals surface area (Å²) in [5.74, 6) is 6.58. The van der Waals surface area contributed by atoms with E-state index in [9.17, 15) is 0 Å². The third kappa shape index (κ3) is 3.35. The first kappa shape index (κ1) is 9.88. The molecule has 0 amide bonds. The summed E-state index contributed by atoms with van der Waals surface area (Å²) in [6, 6.07) is 3.65. The molecule has 68 valence electrons. The molecule has 0 saturated carbocycles. The maximum Gasteiger partial charge on any atom is 0.213 e. The zero-order valence-corrected chi connectivity index (χ0v) is 8.14. The van der Waals surface area contributed by atoms with Crippen molar-refractivity contribution in [1.82, 2.24) is 4.98 Å². The molecule has 0 aliphatic heterocycles. The molecule has 0 aromatic carbocycles. The summed E-state index contributed by atoms with van der Waals surface area (Å²) in [6.07, 6.45) is 1.67. The van der Waals surface area contributed by atoms with Crippen molar-refractivity contribution in [3.63, 3.8) is 0 Å². The third-order valence-corrected chi connectivity index (χ3v) is 1.46. The average molecular weight is 196 g/mol. The van der Waals surface area contributed by atoms with Crippen molar-refractivity contribution in [2.45, 2.75) is 6.92 Å². The number of rotatable bonds is 2. The summed E-state index contributed by atoms with van der Waals surface area (Å²) in [7, 11) is 0. The van der Waals surface area contributed by atoms with Crippen molar-refractivity contribution in [1.29, 1.82) is 0 Å². The van der Waals surface area contributed by atoms with Gasteiger partial charge in [-0.15, -0.1) is 11.6 Å². The first-order valence-corrected chi connectivity index (χ1v) is 4.54. The van der Waals surface area contributed by atoms with E-state index in [2.05, 4.69) is 16.8 Å². The molecule has 0 atom stereocenters. The van der Waals surface area contributed by atoms with Crippen LogP contribution in [0.25, 0.3) is 0 Å². The van der Waals surface area contributed by atoms with Gasteiger partial charge in [0.2, 0.25) is 5.88 Å². The van der Waals surface area contributed by atoms with Crippen molar-refractivity contribution in [2.24, 2.45) is 0 Å². The largest absolute Gasteiger partial charge is 0.478 e. The second-order valence-corrected chi connectivity index (χ2v) is 2.52. The zero-order chi connectivity index (χ0) is 9.52. The molecular weight excluding hydrogens is 186 g/mol. The lowest BCUT2D eigenvalue weighted by atomic mass is 10.3. The number of aromatic nitrogens is 1. The van der Waals surface area contributed by atoms with Gasteiger partial charge in [-0.25, -0.2) is 4.98 Å². The van der Waals surface area contributed by atoms with Crippen molar-refractivity contribution in [2.75, 3.05) is 12.5 Å². The molecule has 1 heterocycles. The van der Waals surface area contributed by atoms with Crippen LogP contribution in [0.5, 0.6) is 5.88 Å². The van der Waals surface area contributed by atoms with Crippen molar-refractivity contribution < 1.29 is 4.74 Å². The molecular formula is C10H10ClNO. The Bertz CT molecular complexity index is 310. The van der Waals surface area contributed by atoms with E-state index in [-0.39, 0.29) is 0 Å². The number of pyridine rings is 1. The van der Waals surface area contributed by atoms with E-state index in [0.717, 1.165) is 5.56 Å². The van der Waals surface area contributed by atoms with E-state index in [1.165, 1.54) is 0 Å². The van der Waals surface area contributed by atoms with E-state index in [0.29, 0.717) is 18.4 Å². The molecule has 0 spiro atoms. The lowest BCUT2D eigenvalue weighted by Crippen LogP contribution is -1.93. The highest BCUT2D eigenvalue weighted by Crippen LogP contribution is 2.06. The molecule has 0 aliphatic rings. The van der Waals surface area contributed by atoms with E-state index >= 15 is 0 Å². The van der Waals surface area contributed by atoms with Gasteiger partial charge in [0.05, 0.1) is 12.5 Å². The van der Waals surface area contributed by atoms with Gasteiger partial charge in [-0.3, -0.25) is 0 Å². The lowest BCUT2D eigenvalue weighted by Gasteiger charge is -1.99. The van der Waals surface area contributed by atoms with Gasteiger partial charge in [0.15, 0.2) is 0 Å². The highest BCUT2D eigenvalue weighted by atomic mass is 35.5. The van der Waals surface area contributed by atoms with Crippen LogP contribution in [0.2, 0.25) is 0 Å². The summed E-state index contributed by atoms with van der Waals surface area (Å²) < 4.78 is 5.18. The highest BCUT2D eigenvalue weighted by Gasteiger charge is 1.92. The summed E-state index contributed by atoms with van der Waals surface area (Å²) in [5, 5.41) is 0. The Labute approximate surface area is 82.9 Å². The Morgan fingerprint density at radius 1 is 1.54 bits per heavy atom. The minimum atomic E-state index is 0.340. The fourth-order valence-electron chi connectivity index (χ4n) is 0.823.